The Balaban J connectivity index is 1.90. The number of imide groups is 1. The van der Waals surface area contributed by atoms with Gasteiger partial charge >= 0.3 is 0 Å². The molecule has 1 aliphatic rings. The quantitative estimate of drug-likeness (QED) is 0.822. The fraction of sp³-hybridized carbons (Fsp3) is 0.118. The Morgan fingerprint density at radius 2 is 1.74 bits per heavy atom. The number of halogens is 1. The van der Waals surface area contributed by atoms with Gasteiger partial charge in [0.1, 0.15) is 0 Å². The summed E-state index contributed by atoms with van der Waals surface area (Å²) in [5, 5.41) is 2.81. The fourth-order valence-corrected chi connectivity index (χ4v) is 2.94. The molecule has 0 aliphatic carbocycles. The van der Waals surface area contributed by atoms with Gasteiger partial charge in [0, 0.05) is 22.8 Å². The van der Waals surface area contributed by atoms with E-state index in [1.807, 2.05) is 19.1 Å². The van der Waals surface area contributed by atoms with Crippen molar-refractivity contribution in [3.05, 3.63) is 63.1 Å². The summed E-state index contributed by atoms with van der Waals surface area (Å²) in [6, 6.07) is 10.1. The summed E-state index contributed by atoms with van der Waals surface area (Å²) in [6.45, 7) is 1.89. The van der Waals surface area contributed by atoms with Crippen molar-refractivity contribution in [1.29, 1.82) is 0 Å². The molecule has 3 rings (SSSR count). The molecular formula is C17H13BrN2O3. The van der Waals surface area contributed by atoms with Crippen LogP contribution in [-0.4, -0.2) is 29.7 Å². The van der Waals surface area contributed by atoms with Crippen LogP contribution in [0.5, 0.6) is 0 Å². The molecule has 23 heavy (non-hydrogen) atoms. The highest BCUT2D eigenvalue weighted by Gasteiger charge is 2.33. The highest BCUT2D eigenvalue weighted by molar-refractivity contribution is 9.10. The van der Waals surface area contributed by atoms with E-state index in [-0.39, 0.29) is 23.3 Å². The van der Waals surface area contributed by atoms with Gasteiger partial charge in [0.05, 0.1) is 11.1 Å². The molecule has 1 heterocycles. The molecule has 0 saturated heterocycles. The first kappa shape index (κ1) is 15.4. The zero-order valence-electron chi connectivity index (χ0n) is 12.5. The maximum Gasteiger partial charge on any atom is 0.261 e. The molecule has 0 aromatic heterocycles. The van der Waals surface area contributed by atoms with Crippen molar-refractivity contribution >= 4 is 39.3 Å². The molecule has 1 aliphatic heterocycles. The van der Waals surface area contributed by atoms with E-state index >= 15 is 0 Å². The monoisotopic (exact) mass is 372 g/mol. The average Bonchev–Trinajstić information content (AvgIpc) is 2.74. The van der Waals surface area contributed by atoms with Gasteiger partial charge in [-0.1, -0.05) is 15.9 Å². The summed E-state index contributed by atoms with van der Waals surface area (Å²) >= 11 is 3.37. The number of carbonyl (C=O) groups is 3. The fourth-order valence-electron chi connectivity index (χ4n) is 2.46. The molecule has 2 aromatic rings. The summed E-state index contributed by atoms with van der Waals surface area (Å²) in [7, 11) is 1.43. The summed E-state index contributed by atoms with van der Waals surface area (Å²) in [5.41, 5.74) is 2.53. The smallest absolute Gasteiger partial charge is 0.261 e. The minimum absolute atomic E-state index is 0.262. The van der Waals surface area contributed by atoms with Crippen molar-refractivity contribution in [3.63, 3.8) is 0 Å². The molecule has 0 unspecified atom stereocenters. The van der Waals surface area contributed by atoms with Crippen molar-refractivity contribution < 1.29 is 14.4 Å². The van der Waals surface area contributed by atoms with Crippen LogP contribution in [0.1, 0.15) is 36.6 Å². The molecule has 0 saturated carbocycles. The van der Waals surface area contributed by atoms with E-state index in [0.29, 0.717) is 16.8 Å². The van der Waals surface area contributed by atoms with Crippen molar-refractivity contribution in [1.82, 2.24) is 4.90 Å². The molecular weight excluding hydrogens is 360 g/mol. The number of anilines is 1. The number of nitrogens with zero attached hydrogens (tertiary/aromatic N) is 1. The Morgan fingerprint density at radius 1 is 1.04 bits per heavy atom. The van der Waals surface area contributed by atoms with Crippen molar-refractivity contribution in [2.75, 3.05) is 12.4 Å². The highest BCUT2D eigenvalue weighted by Crippen LogP contribution is 2.24. The van der Waals surface area contributed by atoms with Gasteiger partial charge in [0.25, 0.3) is 17.7 Å². The van der Waals surface area contributed by atoms with Crippen LogP contribution >= 0.6 is 15.9 Å². The van der Waals surface area contributed by atoms with Gasteiger partial charge in [0.2, 0.25) is 0 Å². The summed E-state index contributed by atoms with van der Waals surface area (Å²) in [4.78, 5) is 37.3. The molecule has 5 nitrogen and oxygen atoms in total. The van der Waals surface area contributed by atoms with Crippen molar-refractivity contribution in [2.24, 2.45) is 0 Å². The normalized spacial score (nSPS) is 13.3. The first-order chi connectivity index (χ1) is 10.9. The number of hydrogen-bond acceptors (Lipinski definition) is 3. The van der Waals surface area contributed by atoms with Crippen molar-refractivity contribution in [3.8, 4) is 0 Å². The topological polar surface area (TPSA) is 66.5 Å². The number of rotatable bonds is 2. The number of fused-ring (bicyclic) bond motifs is 1. The van der Waals surface area contributed by atoms with E-state index in [0.717, 1.165) is 14.9 Å². The number of nitrogens with one attached hydrogen (secondary N) is 1. The molecule has 116 valence electrons. The average molecular weight is 373 g/mol. The van der Waals surface area contributed by atoms with E-state index in [2.05, 4.69) is 21.2 Å². The molecule has 0 bridgehead atoms. The summed E-state index contributed by atoms with van der Waals surface area (Å²) in [6.07, 6.45) is 0. The molecule has 6 heteroatoms. The van der Waals surface area contributed by atoms with Gasteiger partial charge < -0.3 is 5.32 Å². The Labute approximate surface area is 141 Å². The minimum atomic E-state index is -0.389. The summed E-state index contributed by atoms with van der Waals surface area (Å²) < 4.78 is 0.928. The minimum Gasteiger partial charge on any atom is -0.322 e. The zero-order valence-corrected chi connectivity index (χ0v) is 14.1. The standard InChI is InChI=1S/C17H13BrN2O3/c1-9-7-11(18)4-6-14(9)19-15(21)10-3-5-12-13(8-10)17(23)20(2)16(12)22/h3-8H,1-2H3,(H,19,21). The highest BCUT2D eigenvalue weighted by atomic mass is 79.9. The number of aryl methyl sites for hydroxylation is 1. The predicted octanol–water partition coefficient (Wildman–Crippen LogP) is 3.24. The molecule has 0 spiro atoms. The van der Waals surface area contributed by atoms with Gasteiger partial charge in [-0.15, -0.1) is 0 Å². The van der Waals surface area contributed by atoms with Crippen molar-refractivity contribution in [2.45, 2.75) is 6.92 Å². The molecule has 0 radical (unpaired) electrons. The van der Waals surface area contributed by atoms with Crippen LogP contribution in [-0.2, 0) is 0 Å². The van der Waals surface area contributed by atoms with E-state index in [4.69, 9.17) is 0 Å². The maximum absolute atomic E-state index is 12.4. The Kier molecular flexibility index (Phi) is 3.77. The van der Waals surface area contributed by atoms with Crippen LogP contribution in [0.15, 0.2) is 40.9 Å². The SMILES string of the molecule is Cc1cc(Br)ccc1NC(=O)c1ccc2c(c1)C(=O)N(C)C2=O. The number of carbonyl (C=O) groups excluding carboxylic acids is 3. The number of hydrogen-bond donors (Lipinski definition) is 1. The van der Waals surface area contributed by atoms with E-state index in [1.54, 1.807) is 12.1 Å². The Hall–Kier alpha value is -2.47. The molecule has 2 aromatic carbocycles. The second-order valence-electron chi connectivity index (χ2n) is 5.34. The maximum atomic E-state index is 12.4. The van der Waals surface area contributed by atoms with Crippen LogP contribution in [0.4, 0.5) is 5.69 Å². The van der Waals surface area contributed by atoms with Gasteiger partial charge in [-0.3, -0.25) is 19.3 Å². The molecule has 1 N–H and O–H groups in total. The van der Waals surface area contributed by atoms with Crippen LogP contribution in [0, 0.1) is 6.92 Å². The van der Waals surface area contributed by atoms with E-state index in [9.17, 15) is 14.4 Å². The molecule has 0 fully saturated rings. The Morgan fingerprint density at radius 3 is 2.43 bits per heavy atom. The number of amides is 3. The first-order valence-electron chi connectivity index (χ1n) is 6.92. The summed E-state index contributed by atoms with van der Waals surface area (Å²) in [5.74, 6) is -1.06. The van der Waals surface area contributed by atoms with Crippen LogP contribution in [0.3, 0.4) is 0 Å². The van der Waals surface area contributed by atoms with Gasteiger partial charge in [-0.25, -0.2) is 0 Å². The largest absolute Gasteiger partial charge is 0.322 e. The third-order valence-electron chi connectivity index (χ3n) is 3.79. The van der Waals surface area contributed by atoms with Gasteiger partial charge in [-0.05, 0) is 48.9 Å². The van der Waals surface area contributed by atoms with Gasteiger partial charge in [-0.2, -0.15) is 0 Å². The number of benzene rings is 2. The van der Waals surface area contributed by atoms with Crippen LogP contribution in [0.2, 0.25) is 0 Å². The second-order valence-corrected chi connectivity index (χ2v) is 6.26. The first-order valence-corrected chi connectivity index (χ1v) is 7.71. The lowest BCUT2D eigenvalue weighted by Gasteiger charge is -2.09. The third-order valence-corrected chi connectivity index (χ3v) is 4.28. The second kappa shape index (κ2) is 5.62. The zero-order chi connectivity index (χ0) is 16.7. The lowest BCUT2D eigenvalue weighted by molar-refractivity contribution is 0.0693. The lowest BCUT2D eigenvalue weighted by atomic mass is 10.0. The van der Waals surface area contributed by atoms with E-state index in [1.165, 1.54) is 19.2 Å². The lowest BCUT2D eigenvalue weighted by Crippen LogP contribution is -2.24. The molecule has 0 atom stereocenters. The third kappa shape index (κ3) is 2.66. The Bertz CT molecular complexity index is 861. The van der Waals surface area contributed by atoms with Crippen LogP contribution in [0.25, 0.3) is 0 Å². The van der Waals surface area contributed by atoms with Crippen LogP contribution < -0.4 is 5.32 Å². The van der Waals surface area contributed by atoms with Gasteiger partial charge in [0.15, 0.2) is 0 Å². The predicted molar refractivity (Wildman–Crippen MR) is 89.7 cm³/mol. The van der Waals surface area contributed by atoms with E-state index < -0.39 is 0 Å². The molecule has 3 amide bonds.